The average molecular weight is 208 g/mol. The van der Waals surface area contributed by atoms with Crippen LogP contribution >= 0.6 is 0 Å². The molecule has 15 heavy (non-hydrogen) atoms. The van der Waals surface area contributed by atoms with Crippen LogP contribution in [-0.2, 0) is 11.3 Å². The van der Waals surface area contributed by atoms with Crippen molar-refractivity contribution < 1.29 is 9.84 Å². The zero-order valence-corrected chi connectivity index (χ0v) is 8.36. The number of imidazole rings is 1. The first-order valence-corrected chi connectivity index (χ1v) is 4.63. The number of nitrogens with zero attached hydrogens (tertiary/aromatic N) is 1. The van der Waals surface area contributed by atoms with E-state index in [0.717, 1.165) is 0 Å². The monoisotopic (exact) mass is 208 g/mol. The maximum absolute atomic E-state index is 11.5. The van der Waals surface area contributed by atoms with Gasteiger partial charge < -0.3 is 14.8 Å². The molecule has 5 heteroatoms. The molecule has 0 unspecified atom stereocenters. The zero-order valence-electron chi connectivity index (χ0n) is 8.36. The SMILES string of the molecule is COCCn1c(=O)[nH]c2ccc(O)cc21. The van der Waals surface area contributed by atoms with E-state index in [1.807, 2.05) is 0 Å². The molecule has 0 fully saturated rings. The number of rotatable bonds is 3. The Morgan fingerprint density at radius 1 is 1.53 bits per heavy atom. The minimum absolute atomic E-state index is 0.146. The highest BCUT2D eigenvalue weighted by atomic mass is 16.5. The number of nitrogens with one attached hydrogen (secondary N) is 1. The lowest BCUT2D eigenvalue weighted by molar-refractivity contribution is 0.187. The molecular weight excluding hydrogens is 196 g/mol. The minimum atomic E-state index is -0.187. The molecule has 0 spiro atoms. The maximum Gasteiger partial charge on any atom is 0.326 e. The van der Waals surface area contributed by atoms with Gasteiger partial charge in [-0.2, -0.15) is 0 Å². The molecule has 2 aromatic rings. The molecule has 0 aliphatic carbocycles. The topological polar surface area (TPSA) is 67.2 Å². The van der Waals surface area contributed by atoms with Crippen molar-refractivity contribution in [3.63, 3.8) is 0 Å². The van der Waals surface area contributed by atoms with Crippen LogP contribution in [0.5, 0.6) is 5.75 Å². The number of benzene rings is 1. The molecule has 0 aliphatic heterocycles. The zero-order chi connectivity index (χ0) is 10.8. The van der Waals surface area contributed by atoms with Crippen LogP contribution in [0.3, 0.4) is 0 Å². The fourth-order valence-corrected chi connectivity index (χ4v) is 1.55. The summed E-state index contributed by atoms with van der Waals surface area (Å²) in [6.45, 7) is 0.932. The van der Waals surface area contributed by atoms with Gasteiger partial charge in [-0.05, 0) is 12.1 Å². The quantitative estimate of drug-likeness (QED) is 0.779. The van der Waals surface area contributed by atoms with Gasteiger partial charge in [0.2, 0.25) is 0 Å². The van der Waals surface area contributed by atoms with Crippen LogP contribution in [0.15, 0.2) is 23.0 Å². The van der Waals surface area contributed by atoms with Crippen molar-refractivity contribution >= 4 is 11.0 Å². The third-order valence-electron chi connectivity index (χ3n) is 2.28. The van der Waals surface area contributed by atoms with E-state index >= 15 is 0 Å². The van der Waals surface area contributed by atoms with Gasteiger partial charge in [0, 0.05) is 13.2 Å². The number of H-pyrrole nitrogens is 1. The van der Waals surface area contributed by atoms with E-state index in [2.05, 4.69) is 4.98 Å². The number of ether oxygens (including phenoxy) is 1. The smallest absolute Gasteiger partial charge is 0.326 e. The van der Waals surface area contributed by atoms with Crippen molar-refractivity contribution in [2.24, 2.45) is 0 Å². The number of aromatic nitrogens is 2. The van der Waals surface area contributed by atoms with Crippen molar-refractivity contribution in [3.8, 4) is 5.75 Å². The number of hydrogen-bond donors (Lipinski definition) is 2. The summed E-state index contributed by atoms with van der Waals surface area (Å²) >= 11 is 0. The fraction of sp³-hybridized carbons (Fsp3) is 0.300. The van der Waals surface area contributed by atoms with Gasteiger partial charge in [0.25, 0.3) is 0 Å². The van der Waals surface area contributed by atoms with Crippen molar-refractivity contribution in [3.05, 3.63) is 28.7 Å². The van der Waals surface area contributed by atoms with E-state index < -0.39 is 0 Å². The molecule has 0 saturated heterocycles. The van der Waals surface area contributed by atoms with Crippen molar-refractivity contribution in [2.45, 2.75) is 6.54 Å². The molecule has 2 rings (SSSR count). The first-order chi connectivity index (χ1) is 7.22. The van der Waals surface area contributed by atoms with E-state index in [4.69, 9.17) is 4.74 Å². The Kier molecular flexibility index (Phi) is 2.47. The molecule has 1 aromatic heterocycles. The van der Waals surface area contributed by atoms with E-state index in [0.29, 0.717) is 24.2 Å². The largest absolute Gasteiger partial charge is 0.508 e. The molecule has 0 atom stereocenters. The Balaban J connectivity index is 2.55. The molecule has 5 nitrogen and oxygen atoms in total. The van der Waals surface area contributed by atoms with Crippen LogP contribution < -0.4 is 5.69 Å². The second kappa shape index (κ2) is 3.78. The summed E-state index contributed by atoms with van der Waals surface area (Å²) in [4.78, 5) is 14.2. The molecule has 0 amide bonds. The van der Waals surface area contributed by atoms with E-state index in [1.165, 1.54) is 0 Å². The number of phenolic OH excluding ortho intramolecular Hbond substituents is 1. The Hall–Kier alpha value is -1.75. The third kappa shape index (κ3) is 1.73. The summed E-state index contributed by atoms with van der Waals surface area (Å²) in [6, 6.07) is 4.77. The lowest BCUT2D eigenvalue weighted by Crippen LogP contribution is -2.18. The normalized spacial score (nSPS) is 11.0. The predicted octanol–water partition coefficient (Wildman–Crippen LogP) is 0.682. The van der Waals surface area contributed by atoms with E-state index in [-0.39, 0.29) is 11.4 Å². The number of fused-ring (bicyclic) bond motifs is 1. The number of phenols is 1. The van der Waals surface area contributed by atoms with Gasteiger partial charge in [-0.15, -0.1) is 0 Å². The third-order valence-corrected chi connectivity index (χ3v) is 2.28. The fourth-order valence-electron chi connectivity index (χ4n) is 1.55. The highest BCUT2D eigenvalue weighted by Gasteiger charge is 2.06. The summed E-state index contributed by atoms with van der Waals surface area (Å²) < 4.78 is 6.45. The summed E-state index contributed by atoms with van der Waals surface area (Å²) in [5.41, 5.74) is 1.22. The molecule has 1 aromatic carbocycles. The lowest BCUT2D eigenvalue weighted by atomic mass is 10.3. The van der Waals surface area contributed by atoms with Gasteiger partial charge in [0.05, 0.1) is 24.2 Å². The van der Waals surface area contributed by atoms with Crippen LogP contribution in [0.25, 0.3) is 11.0 Å². The first-order valence-electron chi connectivity index (χ1n) is 4.63. The number of aromatic hydroxyl groups is 1. The first kappa shape index (κ1) is 9.79. The molecule has 80 valence electrons. The second-order valence-electron chi connectivity index (χ2n) is 3.28. The van der Waals surface area contributed by atoms with Gasteiger partial charge in [0.15, 0.2) is 0 Å². The standard InChI is InChI=1S/C10H12N2O3/c1-15-5-4-12-9-6-7(13)2-3-8(9)11-10(12)14/h2-3,6,13H,4-5H2,1H3,(H,11,14). The van der Waals surface area contributed by atoms with Gasteiger partial charge in [-0.3, -0.25) is 4.57 Å². The minimum Gasteiger partial charge on any atom is -0.508 e. The lowest BCUT2D eigenvalue weighted by Gasteiger charge is -2.01. The molecule has 0 aliphatic rings. The molecular formula is C10H12N2O3. The van der Waals surface area contributed by atoms with Crippen molar-refractivity contribution in [2.75, 3.05) is 13.7 Å². The van der Waals surface area contributed by atoms with Crippen molar-refractivity contribution in [1.29, 1.82) is 0 Å². The Morgan fingerprint density at radius 3 is 3.07 bits per heavy atom. The second-order valence-corrected chi connectivity index (χ2v) is 3.28. The van der Waals surface area contributed by atoms with Gasteiger partial charge in [-0.1, -0.05) is 0 Å². The van der Waals surface area contributed by atoms with Crippen LogP contribution in [0.4, 0.5) is 0 Å². The summed E-state index contributed by atoms with van der Waals surface area (Å²) in [5, 5.41) is 9.33. The van der Waals surface area contributed by atoms with E-state index in [1.54, 1.807) is 29.9 Å². The van der Waals surface area contributed by atoms with Gasteiger partial charge >= 0.3 is 5.69 Å². The average Bonchev–Trinajstić information content (AvgIpc) is 2.51. The van der Waals surface area contributed by atoms with Crippen LogP contribution in [0.2, 0.25) is 0 Å². The highest BCUT2D eigenvalue weighted by Crippen LogP contribution is 2.16. The molecule has 0 radical (unpaired) electrons. The molecule has 2 N–H and O–H groups in total. The highest BCUT2D eigenvalue weighted by molar-refractivity contribution is 5.76. The van der Waals surface area contributed by atoms with Gasteiger partial charge in [-0.25, -0.2) is 4.79 Å². The number of methoxy groups -OCH3 is 1. The molecule has 0 bridgehead atoms. The summed E-state index contributed by atoms with van der Waals surface area (Å²) in [5.74, 6) is 0.146. The Morgan fingerprint density at radius 2 is 2.33 bits per heavy atom. The van der Waals surface area contributed by atoms with Crippen LogP contribution in [0, 0.1) is 0 Å². The van der Waals surface area contributed by atoms with E-state index in [9.17, 15) is 9.90 Å². The van der Waals surface area contributed by atoms with Gasteiger partial charge in [0.1, 0.15) is 5.75 Å². The number of hydrogen-bond acceptors (Lipinski definition) is 3. The van der Waals surface area contributed by atoms with Crippen LogP contribution in [0.1, 0.15) is 0 Å². The van der Waals surface area contributed by atoms with Crippen LogP contribution in [-0.4, -0.2) is 28.4 Å². The Labute approximate surface area is 85.9 Å². The van der Waals surface area contributed by atoms with Crippen molar-refractivity contribution in [1.82, 2.24) is 9.55 Å². The Bertz CT molecular complexity index is 527. The molecule has 0 saturated carbocycles. The number of aromatic amines is 1. The molecule has 1 heterocycles. The summed E-state index contributed by atoms with van der Waals surface area (Å²) in [7, 11) is 1.58. The predicted molar refractivity (Wildman–Crippen MR) is 56.1 cm³/mol. The summed E-state index contributed by atoms with van der Waals surface area (Å²) in [6.07, 6.45) is 0. The maximum atomic E-state index is 11.5.